The van der Waals surface area contributed by atoms with Crippen LogP contribution in [-0.4, -0.2) is 21.9 Å². The Labute approximate surface area is 107 Å². The molecular formula is C10H15F3N4S. The molecule has 102 valence electrons. The van der Waals surface area contributed by atoms with Crippen LogP contribution in [-0.2, 0) is 6.18 Å². The number of aromatic nitrogens is 2. The van der Waals surface area contributed by atoms with Crippen molar-refractivity contribution in [1.29, 1.82) is 0 Å². The van der Waals surface area contributed by atoms with E-state index in [0.29, 0.717) is 12.5 Å². The zero-order chi connectivity index (χ0) is 13.2. The van der Waals surface area contributed by atoms with Crippen molar-refractivity contribution in [1.82, 2.24) is 9.36 Å². The molecule has 1 fully saturated rings. The highest BCUT2D eigenvalue weighted by atomic mass is 32.1. The number of hydrogen-bond donors (Lipinski definition) is 2. The molecule has 0 radical (unpaired) electrons. The molecule has 4 nitrogen and oxygen atoms in total. The van der Waals surface area contributed by atoms with Gasteiger partial charge < -0.3 is 11.1 Å². The predicted octanol–water partition coefficient (Wildman–Crippen LogP) is 2.49. The molecule has 2 atom stereocenters. The number of rotatable bonds is 3. The van der Waals surface area contributed by atoms with Crippen molar-refractivity contribution in [2.75, 3.05) is 11.9 Å². The molecule has 1 aliphatic rings. The van der Waals surface area contributed by atoms with Crippen LogP contribution in [0.2, 0.25) is 0 Å². The Balaban J connectivity index is 2.02. The number of halogens is 3. The molecule has 1 aromatic rings. The summed E-state index contributed by atoms with van der Waals surface area (Å²) < 4.78 is 40.4. The quantitative estimate of drug-likeness (QED) is 0.893. The van der Waals surface area contributed by atoms with Gasteiger partial charge in [0.2, 0.25) is 11.0 Å². The third kappa shape index (κ3) is 3.11. The van der Waals surface area contributed by atoms with Gasteiger partial charge in [0.25, 0.3) is 0 Å². The average Bonchev–Trinajstić information content (AvgIpc) is 2.78. The van der Waals surface area contributed by atoms with Crippen LogP contribution in [0.25, 0.3) is 0 Å². The lowest BCUT2D eigenvalue weighted by Gasteiger charge is -2.30. The molecule has 2 unspecified atom stereocenters. The molecule has 1 heterocycles. The largest absolute Gasteiger partial charge is 0.452 e. The second-order valence-electron chi connectivity index (χ2n) is 4.45. The number of anilines is 1. The Bertz CT molecular complexity index is 393. The molecule has 3 N–H and O–H groups in total. The van der Waals surface area contributed by atoms with E-state index in [2.05, 4.69) is 14.7 Å². The van der Waals surface area contributed by atoms with E-state index in [9.17, 15) is 13.2 Å². The Morgan fingerprint density at radius 2 is 2.06 bits per heavy atom. The molecule has 1 aliphatic carbocycles. The second kappa shape index (κ2) is 5.40. The number of nitrogens with one attached hydrogen (secondary N) is 1. The van der Waals surface area contributed by atoms with Crippen LogP contribution in [0.15, 0.2) is 0 Å². The molecule has 1 saturated carbocycles. The molecule has 0 amide bonds. The summed E-state index contributed by atoms with van der Waals surface area (Å²) >= 11 is 0.750. The maximum Gasteiger partial charge on any atom is 0.452 e. The van der Waals surface area contributed by atoms with Gasteiger partial charge in [0.15, 0.2) is 0 Å². The topological polar surface area (TPSA) is 63.8 Å². The van der Waals surface area contributed by atoms with Crippen molar-refractivity contribution < 1.29 is 13.2 Å². The summed E-state index contributed by atoms with van der Waals surface area (Å²) in [5, 5.41) is 3.27. The van der Waals surface area contributed by atoms with Crippen LogP contribution >= 0.6 is 11.5 Å². The van der Waals surface area contributed by atoms with Crippen molar-refractivity contribution in [2.45, 2.75) is 37.9 Å². The first kappa shape index (κ1) is 13.5. The first-order valence-electron chi connectivity index (χ1n) is 5.88. The lowest BCUT2D eigenvalue weighted by atomic mass is 9.85. The van der Waals surface area contributed by atoms with Gasteiger partial charge in [-0.3, -0.25) is 0 Å². The molecule has 0 spiro atoms. The van der Waals surface area contributed by atoms with Crippen LogP contribution in [0.1, 0.15) is 31.5 Å². The van der Waals surface area contributed by atoms with E-state index in [1.807, 2.05) is 0 Å². The fraction of sp³-hybridized carbons (Fsp3) is 0.800. The van der Waals surface area contributed by atoms with E-state index in [1.165, 1.54) is 0 Å². The van der Waals surface area contributed by atoms with Gasteiger partial charge in [-0.1, -0.05) is 12.8 Å². The van der Waals surface area contributed by atoms with E-state index < -0.39 is 12.0 Å². The first-order valence-corrected chi connectivity index (χ1v) is 6.65. The van der Waals surface area contributed by atoms with Gasteiger partial charge in [-0.2, -0.15) is 22.5 Å². The van der Waals surface area contributed by atoms with Crippen molar-refractivity contribution in [2.24, 2.45) is 11.7 Å². The van der Waals surface area contributed by atoms with Gasteiger partial charge in [-0.05, 0) is 25.3 Å². The molecule has 0 aromatic carbocycles. The Morgan fingerprint density at radius 1 is 1.33 bits per heavy atom. The first-order chi connectivity index (χ1) is 8.50. The van der Waals surface area contributed by atoms with E-state index in [-0.39, 0.29) is 11.2 Å². The summed E-state index contributed by atoms with van der Waals surface area (Å²) in [6.07, 6.45) is -0.346. The van der Waals surface area contributed by atoms with E-state index >= 15 is 0 Å². The minimum absolute atomic E-state index is 0.109. The molecule has 0 saturated heterocycles. The highest BCUT2D eigenvalue weighted by Gasteiger charge is 2.36. The second-order valence-corrected chi connectivity index (χ2v) is 5.20. The number of alkyl halides is 3. The number of nitrogens with zero attached hydrogens (tertiary/aromatic N) is 2. The third-order valence-corrected chi connectivity index (χ3v) is 3.85. The summed E-state index contributed by atoms with van der Waals surface area (Å²) in [6, 6.07) is 0.109. The minimum Gasteiger partial charge on any atom is -0.357 e. The van der Waals surface area contributed by atoms with Crippen LogP contribution in [0.5, 0.6) is 0 Å². The van der Waals surface area contributed by atoms with Gasteiger partial charge in [-0.25, -0.2) is 0 Å². The van der Waals surface area contributed by atoms with Gasteiger partial charge in [-0.15, -0.1) is 0 Å². The van der Waals surface area contributed by atoms with Crippen molar-refractivity contribution in [3.8, 4) is 0 Å². The minimum atomic E-state index is -4.48. The fourth-order valence-corrected chi connectivity index (χ4v) is 2.88. The van der Waals surface area contributed by atoms with E-state index in [4.69, 9.17) is 5.73 Å². The third-order valence-electron chi connectivity index (χ3n) is 3.20. The van der Waals surface area contributed by atoms with E-state index in [0.717, 1.165) is 37.2 Å². The summed E-state index contributed by atoms with van der Waals surface area (Å²) in [7, 11) is 0. The maximum atomic E-state index is 12.4. The maximum absolute atomic E-state index is 12.4. The predicted molar refractivity (Wildman–Crippen MR) is 63.3 cm³/mol. The van der Waals surface area contributed by atoms with Gasteiger partial charge in [0.1, 0.15) is 0 Å². The number of nitrogens with two attached hydrogens (primary N) is 1. The van der Waals surface area contributed by atoms with Crippen LogP contribution < -0.4 is 11.1 Å². The Kier molecular flexibility index (Phi) is 4.06. The zero-order valence-electron chi connectivity index (χ0n) is 9.70. The van der Waals surface area contributed by atoms with Crippen LogP contribution in [0.4, 0.5) is 18.3 Å². The highest BCUT2D eigenvalue weighted by molar-refractivity contribution is 7.09. The highest BCUT2D eigenvalue weighted by Crippen LogP contribution is 2.31. The Hall–Kier alpha value is -0.890. The summed E-state index contributed by atoms with van der Waals surface area (Å²) in [4.78, 5) is 3.47. The van der Waals surface area contributed by atoms with Gasteiger partial charge in [0.05, 0.1) is 0 Å². The smallest absolute Gasteiger partial charge is 0.357 e. The summed E-state index contributed by atoms with van der Waals surface area (Å²) in [6.45, 7) is 0.544. The lowest BCUT2D eigenvalue weighted by molar-refractivity contribution is -0.144. The standard InChI is InChI=1S/C10H15F3N4S/c11-10(12,13)8-16-9(18-17-8)15-7-4-2-1-3-6(7)5-14/h6-7H,1-5,14H2,(H,15,16,17). The summed E-state index contributed by atoms with van der Waals surface area (Å²) in [5.74, 6) is -0.771. The van der Waals surface area contributed by atoms with Gasteiger partial charge in [0, 0.05) is 17.6 Å². The molecule has 2 rings (SSSR count). The molecule has 1 aromatic heterocycles. The molecule has 0 bridgehead atoms. The van der Waals surface area contributed by atoms with Crippen molar-refractivity contribution in [3.63, 3.8) is 0 Å². The number of hydrogen-bond acceptors (Lipinski definition) is 5. The van der Waals surface area contributed by atoms with Crippen molar-refractivity contribution >= 4 is 16.7 Å². The van der Waals surface area contributed by atoms with Crippen LogP contribution in [0, 0.1) is 5.92 Å². The SMILES string of the molecule is NCC1CCCCC1Nc1nc(C(F)(F)F)ns1. The monoisotopic (exact) mass is 280 g/mol. The zero-order valence-corrected chi connectivity index (χ0v) is 10.5. The summed E-state index contributed by atoms with van der Waals surface area (Å²) in [5.41, 5.74) is 5.67. The van der Waals surface area contributed by atoms with Crippen LogP contribution in [0.3, 0.4) is 0 Å². The molecule has 0 aliphatic heterocycles. The average molecular weight is 280 g/mol. The normalized spacial score (nSPS) is 25.1. The Morgan fingerprint density at radius 3 is 2.67 bits per heavy atom. The molecular weight excluding hydrogens is 265 g/mol. The molecule has 18 heavy (non-hydrogen) atoms. The fourth-order valence-electron chi connectivity index (χ4n) is 2.24. The molecule has 8 heteroatoms. The van der Waals surface area contributed by atoms with E-state index in [1.54, 1.807) is 0 Å². The van der Waals surface area contributed by atoms with Crippen molar-refractivity contribution in [3.05, 3.63) is 5.82 Å². The van der Waals surface area contributed by atoms with Gasteiger partial charge >= 0.3 is 6.18 Å². The lowest BCUT2D eigenvalue weighted by Crippen LogP contribution is -2.36.